The largest absolute Gasteiger partial charge is 0.368 e. The van der Waals surface area contributed by atoms with Crippen molar-refractivity contribution in [3.05, 3.63) is 45.9 Å². The molecule has 1 aliphatic heterocycles. The molecule has 2 heterocycles. The fourth-order valence-electron chi connectivity index (χ4n) is 3.04. The van der Waals surface area contributed by atoms with E-state index in [4.69, 9.17) is 0 Å². The molecule has 1 saturated heterocycles. The lowest BCUT2D eigenvalue weighted by atomic mass is 10.2. The molecule has 0 unspecified atom stereocenters. The normalized spacial score (nSPS) is 15.1. The van der Waals surface area contributed by atoms with E-state index in [9.17, 15) is 0 Å². The summed E-state index contributed by atoms with van der Waals surface area (Å²) in [6.45, 7) is 8.92. The van der Waals surface area contributed by atoms with Crippen LogP contribution < -0.4 is 10.2 Å². The molecule has 3 rings (SSSR count). The SMILES string of the molecule is CN=C(NCc1sc(C)nc1C)N1CCN(c2ccccc2)CC1.I. The maximum atomic E-state index is 4.49. The van der Waals surface area contributed by atoms with Gasteiger partial charge in [-0.3, -0.25) is 4.99 Å². The lowest BCUT2D eigenvalue weighted by Gasteiger charge is -2.37. The molecule has 5 nitrogen and oxygen atoms in total. The van der Waals surface area contributed by atoms with Crippen molar-refractivity contribution in [2.75, 3.05) is 38.1 Å². The van der Waals surface area contributed by atoms with Gasteiger partial charge in [-0.25, -0.2) is 4.98 Å². The quantitative estimate of drug-likeness (QED) is 0.424. The van der Waals surface area contributed by atoms with Crippen LogP contribution in [0.15, 0.2) is 35.3 Å². The minimum absolute atomic E-state index is 0. The summed E-state index contributed by atoms with van der Waals surface area (Å²) in [7, 11) is 1.86. The number of guanidine groups is 1. The topological polar surface area (TPSA) is 43.8 Å². The second kappa shape index (κ2) is 9.38. The van der Waals surface area contributed by atoms with E-state index in [0.717, 1.165) is 49.4 Å². The van der Waals surface area contributed by atoms with Crippen molar-refractivity contribution in [3.63, 3.8) is 0 Å². The predicted molar refractivity (Wildman–Crippen MR) is 117 cm³/mol. The Balaban J connectivity index is 0.00000225. The fraction of sp³-hybridized carbons (Fsp3) is 0.444. The minimum Gasteiger partial charge on any atom is -0.368 e. The lowest BCUT2D eigenvalue weighted by molar-refractivity contribution is 0.372. The highest BCUT2D eigenvalue weighted by Gasteiger charge is 2.20. The zero-order valence-electron chi connectivity index (χ0n) is 15.0. The molecule has 1 fully saturated rings. The second-order valence-electron chi connectivity index (χ2n) is 5.95. The van der Waals surface area contributed by atoms with Gasteiger partial charge < -0.3 is 15.1 Å². The lowest BCUT2D eigenvalue weighted by Crippen LogP contribution is -2.52. The number of hydrogen-bond acceptors (Lipinski definition) is 4. The van der Waals surface area contributed by atoms with Gasteiger partial charge >= 0.3 is 0 Å². The molecule has 0 aliphatic carbocycles. The summed E-state index contributed by atoms with van der Waals surface area (Å²) in [4.78, 5) is 15.0. The number of hydrogen-bond donors (Lipinski definition) is 1. The van der Waals surface area contributed by atoms with Gasteiger partial charge in [0.1, 0.15) is 0 Å². The van der Waals surface area contributed by atoms with Crippen LogP contribution in [0.2, 0.25) is 0 Å². The van der Waals surface area contributed by atoms with E-state index in [1.165, 1.54) is 10.6 Å². The molecule has 1 aromatic heterocycles. The van der Waals surface area contributed by atoms with E-state index in [0.29, 0.717) is 0 Å². The third-order valence-corrected chi connectivity index (χ3v) is 5.39. The van der Waals surface area contributed by atoms with Gasteiger partial charge in [-0.1, -0.05) is 18.2 Å². The molecule has 0 atom stereocenters. The molecule has 7 heteroatoms. The third kappa shape index (κ3) is 5.07. The Morgan fingerprint density at radius 1 is 1.16 bits per heavy atom. The number of benzene rings is 1. The van der Waals surface area contributed by atoms with Gasteiger partial charge in [-0.05, 0) is 26.0 Å². The van der Waals surface area contributed by atoms with E-state index in [2.05, 4.69) is 69.3 Å². The van der Waals surface area contributed by atoms with Crippen molar-refractivity contribution in [2.45, 2.75) is 20.4 Å². The Morgan fingerprint density at radius 2 is 1.84 bits per heavy atom. The number of piperazine rings is 1. The third-order valence-electron chi connectivity index (χ3n) is 4.32. The van der Waals surface area contributed by atoms with Crippen LogP contribution in [0, 0.1) is 13.8 Å². The Morgan fingerprint density at radius 3 is 2.40 bits per heavy atom. The molecule has 1 N–H and O–H groups in total. The van der Waals surface area contributed by atoms with E-state index >= 15 is 0 Å². The van der Waals surface area contributed by atoms with Gasteiger partial charge in [-0.2, -0.15) is 0 Å². The molecule has 0 amide bonds. The molecule has 0 bridgehead atoms. The number of aryl methyl sites for hydroxylation is 2. The average Bonchev–Trinajstić information content (AvgIpc) is 2.94. The highest BCUT2D eigenvalue weighted by atomic mass is 127. The highest BCUT2D eigenvalue weighted by molar-refractivity contribution is 14.0. The Hall–Kier alpha value is -1.35. The number of rotatable bonds is 3. The van der Waals surface area contributed by atoms with Crippen molar-refractivity contribution in [1.29, 1.82) is 0 Å². The summed E-state index contributed by atoms with van der Waals surface area (Å²) in [5.74, 6) is 0.980. The first-order valence-corrected chi connectivity index (χ1v) is 9.17. The zero-order chi connectivity index (χ0) is 16.9. The second-order valence-corrected chi connectivity index (χ2v) is 7.24. The van der Waals surface area contributed by atoms with Gasteiger partial charge in [-0.15, -0.1) is 35.3 Å². The van der Waals surface area contributed by atoms with Crippen molar-refractivity contribution in [3.8, 4) is 0 Å². The molecule has 0 radical (unpaired) electrons. The van der Waals surface area contributed by atoms with Crippen molar-refractivity contribution in [2.24, 2.45) is 4.99 Å². The summed E-state index contributed by atoms with van der Waals surface area (Å²) in [6, 6.07) is 10.6. The minimum atomic E-state index is 0. The van der Waals surface area contributed by atoms with Crippen LogP contribution in [0.25, 0.3) is 0 Å². The van der Waals surface area contributed by atoms with Crippen molar-refractivity contribution in [1.82, 2.24) is 15.2 Å². The Labute approximate surface area is 171 Å². The number of para-hydroxylation sites is 1. The van der Waals surface area contributed by atoms with E-state index in [1.807, 2.05) is 7.05 Å². The first kappa shape index (κ1) is 20.0. The molecule has 136 valence electrons. The molecular weight excluding hydrogens is 445 g/mol. The molecule has 1 aromatic carbocycles. The summed E-state index contributed by atoms with van der Waals surface area (Å²) >= 11 is 1.76. The number of nitrogens with one attached hydrogen (secondary N) is 1. The molecule has 25 heavy (non-hydrogen) atoms. The van der Waals surface area contributed by atoms with Crippen molar-refractivity contribution >= 4 is 47.0 Å². The van der Waals surface area contributed by atoms with Crippen LogP contribution in [0.1, 0.15) is 15.6 Å². The predicted octanol–water partition coefficient (Wildman–Crippen LogP) is 3.28. The number of aromatic nitrogens is 1. The van der Waals surface area contributed by atoms with Gasteiger partial charge in [0.2, 0.25) is 0 Å². The summed E-state index contributed by atoms with van der Waals surface area (Å²) in [5.41, 5.74) is 2.42. The summed E-state index contributed by atoms with van der Waals surface area (Å²) < 4.78 is 0. The first-order valence-electron chi connectivity index (χ1n) is 8.36. The van der Waals surface area contributed by atoms with Crippen LogP contribution in [0.4, 0.5) is 5.69 Å². The van der Waals surface area contributed by atoms with E-state index in [1.54, 1.807) is 11.3 Å². The number of nitrogens with zero attached hydrogens (tertiary/aromatic N) is 4. The Kier molecular flexibility index (Phi) is 7.49. The average molecular weight is 471 g/mol. The molecular formula is C18H26IN5S. The van der Waals surface area contributed by atoms with Crippen molar-refractivity contribution < 1.29 is 0 Å². The zero-order valence-corrected chi connectivity index (χ0v) is 18.2. The van der Waals surface area contributed by atoms with Gasteiger partial charge in [0.25, 0.3) is 0 Å². The van der Waals surface area contributed by atoms with Gasteiger partial charge in [0.05, 0.1) is 17.2 Å². The molecule has 2 aromatic rings. The molecule has 0 saturated carbocycles. The monoisotopic (exact) mass is 471 g/mol. The maximum absolute atomic E-state index is 4.49. The summed E-state index contributed by atoms with van der Waals surface area (Å²) in [5, 5.41) is 4.61. The van der Waals surface area contributed by atoms with Crippen LogP contribution in [0.3, 0.4) is 0 Å². The Bertz CT molecular complexity index is 693. The van der Waals surface area contributed by atoms with E-state index in [-0.39, 0.29) is 24.0 Å². The molecule has 0 spiro atoms. The number of aliphatic imine (C=N–C) groups is 1. The fourth-order valence-corrected chi connectivity index (χ4v) is 3.92. The van der Waals surface area contributed by atoms with Gasteiger partial charge in [0, 0.05) is 43.8 Å². The highest BCUT2D eigenvalue weighted by Crippen LogP contribution is 2.18. The van der Waals surface area contributed by atoms with Crippen LogP contribution in [-0.4, -0.2) is 49.1 Å². The van der Waals surface area contributed by atoms with E-state index < -0.39 is 0 Å². The van der Waals surface area contributed by atoms with Crippen LogP contribution in [0.5, 0.6) is 0 Å². The molecule has 1 aliphatic rings. The van der Waals surface area contributed by atoms with Crippen LogP contribution in [-0.2, 0) is 6.54 Å². The number of thiazole rings is 1. The first-order chi connectivity index (χ1) is 11.7. The van der Waals surface area contributed by atoms with Crippen LogP contribution >= 0.6 is 35.3 Å². The smallest absolute Gasteiger partial charge is 0.194 e. The number of anilines is 1. The number of halogens is 1. The standard InChI is InChI=1S/C18H25N5S.HI/c1-14-17(24-15(2)21-14)13-20-18(19-3)23-11-9-22(10-12-23)16-7-5-4-6-8-16;/h4-8H,9-13H2,1-3H3,(H,19,20);1H. The van der Waals surface area contributed by atoms with Gasteiger partial charge in [0.15, 0.2) is 5.96 Å². The maximum Gasteiger partial charge on any atom is 0.194 e. The summed E-state index contributed by atoms with van der Waals surface area (Å²) in [6.07, 6.45) is 0.